The molecule has 0 unspecified atom stereocenters. The average molecular weight is 510 g/mol. The smallest absolute Gasteiger partial charge is 0.193 e. The molecule has 0 spiro atoms. The average Bonchev–Trinajstić information content (AvgIpc) is 2.78. The van der Waals surface area contributed by atoms with Gasteiger partial charge in [0.2, 0.25) is 0 Å². The standard InChI is InChI=1S/C15H16BrN3O2S.HI/c16-14-10(4-7-22-14)9-18-15(17)19-11-2-3-12-13(8-11)21-6-1-5-20-12;/h2-4,7-8H,1,5-6,9H2,(H3,17,18,19);1H. The molecule has 0 aliphatic carbocycles. The molecule has 3 rings (SSSR count). The van der Waals surface area contributed by atoms with E-state index < -0.39 is 0 Å². The summed E-state index contributed by atoms with van der Waals surface area (Å²) in [6.45, 7) is 1.87. The van der Waals surface area contributed by atoms with Crippen LogP contribution < -0.4 is 20.5 Å². The van der Waals surface area contributed by atoms with E-state index in [0.717, 1.165) is 33.0 Å². The van der Waals surface area contributed by atoms with Crippen LogP contribution in [-0.4, -0.2) is 19.2 Å². The lowest BCUT2D eigenvalue weighted by Crippen LogP contribution is -2.22. The van der Waals surface area contributed by atoms with Crippen molar-refractivity contribution in [3.05, 3.63) is 39.0 Å². The van der Waals surface area contributed by atoms with Crippen LogP contribution in [0.15, 0.2) is 38.4 Å². The van der Waals surface area contributed by atoms with Crippen molar-refractivity contribution in [2.75, 3.05) is 18.5 Å². The predicted molar refractivity (Wildman–Crippen MR) is 108 cm³/mol. The SMILES string of the molecule is I.NC(=NCc1ccsc1Br)Nc1ccc2c(c1)OCCCO2. The summed E-state index contributed by atoms with van der Waals surface area (Å²) in [5, 5.41) is 5.09. The Balaban J connectivity index is 0.00000192. The fraction of sp³-hybridized carbons (Fsp3) is 0.267. The number of benzene rings is 1. The largest absolute Gasteiger partial charge is 0.490 e. The number of anilines is 1. The molecule has 5 nitrogen and oxygen atoms in total. The van der Waals surface area contributed by atoms with E-state index >= 15 is 0 Å². The Morgan fingerprint density at radius 3 is 2.78 bits per heavy atom. The lowest BCUT2D eigenvalue weighted by Gasteiger charge is -2.10. The highest BCUT2D eigenvalue weighted by Crippen LogP contribution is 2.32. The second-order valence-corrected chi connectivity index (χ2v) is 6.99. The number of aliphatic imine (C=N–C) groups is 1. The number of nitrogens with one attached hydrogen (secondary N) is 1. The molecule has 2 heterocycles. The van der Waals surface area contributed by atoms with Crippen LogP contribution in [0.3, 0.4) is 0 Å². The van der Waals surface area contributed by atoms with Crippen molar-refractivity contribution in [2.45, 2.75) is 13.0 Å². The van der Waals surface area contributed by atoms with Crippen LogP contribution in [0.1, 0.15) is 12.0 Å². The summed E-state index contributed by atoms with van der Waals surface area (Å²) in [4.78, 5) is 4.34. The number of hydrogen-bond acceptors (Lipinski definition) is 4. The van der Waals surface area contributed by atoms with Gasteiger partial charge in [0.15, 0.2) is 17.5 Å². The summed E-state index contributed by atoms with van der Waals surface area (Å²) in [7, 11) is 0. The molecule has 1 aliphatic rings. The first-order chi connectivity index (χ1) is 10.7. The molecular weight excluding hydrogens is 493 g/mol. The minimum atomic E-state index is 0. The molecule has 124 valence electrons. The fourth-order valence-corrected chi connectivity index (χ4v) is 3.25. The van der Waals surface area contributed by atoms with Gasteiger partial charge >= 0.3 is 0 Å². The van der Waals surface area contributed by atoms with Gasteiger partial charge in [0.25, 0.3) is 0 Å². The molecule has 8 heteroatoms. The lowest BCUT2D eigenvalue weighted by molar-refractivity contribution is 0.297. The van der Waals surface area contributed by atoms with E-state index in [0.29, 0.717) is 25.7 Å². The number of guanidine groups is 1. The van der Waals surface area contributed by atoms with Gasteiger partial charge in [-0.25, -0.2) is 4.99 Å². The number of ether oxygens (including phenoxy) is 2. The highest BCUT2D eigenvalue weighted by Gasteiger charge is 2.10. The second kappa shape index (κ2) is 8.74. The molecule has 1 aromatic carbocycles. The summed E-state index contributed by atoms with van der Waals surface area (Å²) >= 11 is 5.12. The van der Waals surface area contributed by atoms with Crippen LogP contribution in [0, 0.1) is 0 Å². The highest BCUT2D eigenvalue weighted by molar-refractivity contribution is 14.0. The van der Waals surface area contributed by atoms with Crippen molar-refractivity contribution >= 4 is 62.9 Å². The van der Waals surface area contributed by atoms with Crippen LogP contribution in [0.4, 0.5) is 5.69 Å². The molecule has 23 heavy (non-hydrogen) atoms. The van der Waals surface area contributed by atoms with Crippen LogP contribution in [0.5, 0.6) is 11.5 Å². The van der Waals surface area contributed by atoms with Crippen molar-refractivity contribution in [1.29, 1.82) is 0 Å². The fourth-order valence-electron chi connectivity index (χ4n) is 2.03. The van der Waals surface area contributed by atoms with Gasteiger partial charge in [0, 0.05) is 18.2 Å². The van der Waals surface area contributed by atoms with Gasteiger partial charge in [0.05, 0.1) is 23.5 Å². The van der Waals surface area contributed by atoms with E-state index in [1.54, 1.807) is 11.3 Å². The Bertz CT molecular complexity index is 693. The van der Waals surface area contributed by atoms with Crippen LogP contribution in [0.25, 0.3) is 0 Å². The Hall–Kier alpha value is -1.00. The van der Waals surface area contributed by atoms with Crippen molar-refractivity contribution in [2.24, 2.45) is 10.7 Å². The van der Waals surface area contributed by atoms with E-state index in [1.807, 2.05) is 29.6 Å². The third-order valence-electron chi connectivity index (χ3n) is 3.13. The predicted octanol–water partition coefficient (Wildman–Crippen LogP) is 4.22. The number of nitrogens with two attached hydrogens (primary N) is 1. The molecule has 3 N–H and O–H groups in total. The molecule has 0 fully saturated rings. The second-order valence-electron chi connectivity index (χ2n) is 4.76. The van der Waals surface area contributed by atoms with Gasteiger partial charge in [-0.3, -0.25) is 0 Å². The van der Waals surface area contributed by atoms with Gasteiger partial charge in [-0.15, -0.1) is 35.3 Å². The van der Waals surface area contributed by atoms with Crippen molar-refractivity contribution in [3.63, 3.8) is 0 Å². The molecule has 0 radical (unpaired) electrons. The quantitative estimate of drug-likeness (QED) is 0.369. The Morgan fingerprint density at radius 2 is 2.04 bits per heavy atom. The molecule has 0 saturated carbocycles. The highest BCUT2D eigenvalue weighted by atomic mass is 127. The first kappa shape index (κ1) is 18.3. The number of halogens is 2. The van der Waals surface area contributed by atoms with Gasteiger partial charge in [-0.1, -0.05) is 0 Å². The van der Waals surface area contributed by atoms with Crippen molar-refractivity contribution in [3.8, 4) is 11.5 Å². The van der Waals surface area contributed by atoms with Crippen LogP contribution in [0.2, 0.25) is 0 Å². The maximum atomic E-state index is 5.93. The Labute approximate surface area is 164 Å². The van der Waals surface area contributed by atoms with Gasteiger partial charge in [-0.05, 0) is 45.1 Å². The number of fused-ring (bicyclic) bond motifs is 1. The first-order valence-corrected chi connectivity index (χ1v) is 8.58. The molecule has 0 amide bonds. The lowest BCUT2D eigenvalue weighted by atomic mass is 10.3. The maximum Gasteiger partial charge on any atom is 0.193 e. The summed E-state index contributed by atoms with van der Waals surface area (Å²) in [6, 6.07) is 7.69. The number of thiophene rings is 1. The molecule has 2 aromatic rings. The van der Waals surface area contributed by atoms with Gasteiger partial charge in [-0.2, -0.15) is 0 Å². The van der Waals surface area contributed by atoms with Crippen LogP contribution >= 0.6 is 51.2 Å². The molecule has 0 bridgehead atoms. The zero-order valence-electron chi connectivity index (χ0n) is 12.3. The first-order valence-electron chi connectivity index (χ1n) is 6.91. The van der Waals surface area contributed by atoms with Crippen LogP contribution in [-0.2, 0) is 6.54 Å². The zero-order valence-corrected chi connectivity index (χ0v) is 17.0. The van der Waals surface area contributed by atoms with Crippen molar-refractivity contribution < 1.29 is 9.47 Å². The number of hydrogen-bond donors (Lipinski definition) is 2. The Kier molecular flexibility index (Phi) is 6.97. The normalized spacial score (nSPS) is 13.9. The summed E-state index contributed by atoms with van der Waals surface area (Å²) < 4.78 is 12.3. The van der Waals surface area contributed by atoms with E-state index in [1.165, 1.54) is 0 Å². The molecule has 1 aromatic heterocycles. The third-order valence-corrected chi connectivity index (χ3v) is 4.94. The van der Waals surface area contributed by atoms with E-state index in [4.69, 9.17) is 15.2 Å². The topological polar surface area (TPSA) is 68.9 Å². The van der Waals surface area contributed by atoms with Gasteiger partial charge < -0.3 is 20.5 Å². The molecular formula is C15H17BrIN3O2S. The summed E-state index contributed by atoms with van der Waals surface area (Å²) in [6.07, 6.45) is 0.885. The molecule has 0 atom stereocenters. The van der Waals surface area contributed by atoms with E-state index in [2.05, 4.69) is 26.2 Å². The van der Waals surface area contributed by atoms with Crippen molar-refractivity contribution in [1.82, 2.24) is 0 Å². The summed E-state index contributed by atoms with van der Waals surface area (Å²) in [5.74, 6) is 1.87. The zero-order chi connectivity index (χ0) is 15.4. The van der Waals surface area contributed by atoms with E-state index in [-0.39, 0.29) is 24.0 Å². The summed E-state index contributed by atoms with van der Waals surface area (Å²) in [5.41, 5.74) is 7.88. The Morgan fingerprint density at radius 1 is 1.26 bits per heavy atom. The molecule has 0 saturated heterocycles. The van der Waals surface area contributed by atoms with Gasteiger partial charge in [0.1, 0.15) is 0 Å². The third kappa shape index (κ3) is 4.98. The molecule has 1 aliphatic heterocycles. The maximum absolute atomic E-state index is 5.93. The number of rotatable bonds is 3. The minimum Gasteiger partial charge on any atom is -0.490 e. The number of nitrogens with zero attached hydrogens (tertiary/aromatic N) is 1. The minimum absolute atomic E-state index is 0. The van der Waals surface area contributed by atoms with E-state index in [9.17, 15) is 0 Å². The monoisotopic (exact) mass is 509 g/mol.